The van der Waals surface area contributed by atoms with Crippen LogP contribution in [0.3, 0.4) is 0 Å². The topological polar surface area (TPSA) is 90.5 Å². The molecule has 0 aliphatic carbocycles. The second-order valence-corrected chi connectivity index (χ2v) is 10.9. The summed E-state index contributed by atoms with van der Waals surface area (Å²) in [4.78, 5) is 58.8. The Balaban J connectivity index is 1.84. The van der Waals surface area contributed by atoms with Gasteiger partial charge in [0.05, 0.1) is 12.2 Å². The monoisotopic (exact) mass is 584 g/mol. The highest BCUT2D eigenvalue weighted by molar-refractivity contribution is 6.30. The maximum atomic E-state index is 13.7. The van der Waals surface area contributed by atoms with Crippen molar-refractivity contribution in [2.24, 2.45) is 0 Å². The average molecular weight is 585 g/mol. The highest BCUT2D eigenvalue weighted by atomic mass is 35.5. The highest BCUT2D eigenvalue weighted by Crippen LogP contribution is 2.23. The summed E-state index contributed by atoms with van der Waals surface area (Å²) in [7, 11) is 5.11. The van der Waals surface area contributed by atoms with Crippen LogP contribution < -0.4 is 4.74 Å². The zero-order chi connectivity index (χ0) is 29.9. The first-order chi connectivity index (χ1) is 19.6. The van der Waals surface area contributed by atoms with Crippen LogP contribution in [-0.2, 0) is 9.59 Å². The van der Waals surface area contributed by atoms with Gasteiger partial charge in [0.15, 0.2) is 0 Å². The van der Waals surface area contributed by atoms with Crippen molar-refractivity contribution in [2.75, 3.05) is 53.9 Å². The standard InChI is InChI=1S/C31H41ClN4O5/c1-23(37)33(2)18-10-15-27-31(40)34(3)17-7-8-19-36(29(38)24-12-9-13-25(32)22-24)20-11-21-41-28-16-6-5-14-26(28)30(39)35(27)4/h5-6,9,12-14,16,22,27H,7-8,10-11,15,17-21H2,1-4H3/t27-/m0/s1. The van der Waals surface area contributed by atoms with E-state index in [1.807, 2.05) is 0 Å². The molecule has 0 unspecified atom stereocenters. The van der Waals surface area contributed by atoms with E-state index in [9.17, 15) is 19.2 Å². The van der Waals surface area contributed by atoms with E-state index in [2.05, 4.69) is 0 Å². The van der Waals surface area contributed by atoms with Gasteiger partial charge in [-0.3, -0.25) is 19.2 Å². The molecule has 0 fully saturated rings. The van der Waals surface area contributed by atoms with E-state index < -0.39 is 6.04 Å². The zero-order valence-electron chi connectivity index (χ0n) is 24.5. The number of likely N-dealkylation sites (N-methyl/N-ethyl adjacent to an activating group) is 2. The molecule has 1 aliphatic rings. The average Bonchev–Trinajstić information content (AvgIpc) is 2.96. The third-order valence-corrected chi connectivity index (χ3v) is 7.67. The molecule has 0 radical (unpaired) electrons. The Kier molecular flexibility index (Phi) is 12.0. The number of nitrogens with zero attached hydrogens (tertiary/aromatic N) is 4. The number of carbonyl (C=O) groups is 4. The van der Waals surface area contributed by atoms with Gasteiger partial charge in [0, 0.05) is 64.8 Å². The van der Waals surface area contributed by atoms with Crippen LogP contribution in [0.1, 0.15) is 59.7 Å². The van der Waals surface area contributed by atoms with E-state index in [4.69, 9.17) is 16.3 Å². The van der Waals surface area contributed by atoms with Gasteiger partial charge in [-0.15, -0.1) is 0 Å². The zero-order valence-corrected chi connectivity index (χ0v) is 25.2. The molecule has 222 valence electrons. The fourth-order valence-corrected chi connectivity index (χ4v) is 5.03. The molecular formula is C31H41ClN4O5. The number of ether oxygens (including phenoxy) is 1. The number of amides is 4. The molecule has 2 aromatic carbocycles. The van der Waals surface area contributed by atoms with Gasteiger partial charge >= 0.3 is 0 Å². The maximum absolute atomic E-state index is 13.7. The Hall–Kier alpha value is -3.59. The van der Waals surface area contributed by atoms with Crippen LogP contribution >= 0.6 is 11.6 Å². The summed E-state index contributed by atoms with van der Waals surface area (Å²) in [6.07, 6.45) is 2.95. The molecule has 0 saturated carbocycles. The normalized spacial score (nSPS) is 17.6. The number of hydrogen-bond acceptors (Lipinski definition) is 5. The molecule has 0 spiro atoms. The lowest BCUT2D eigenvalue weighted by Crippen LogP contribution is -2.49. The van der Waals surface area contributed by atoms with Crippen LogP contribution in [0, 0.1) is 0 Å². The van der Waals surface area contributed by atoms with Crippen molar-refractivity contribution in [1.82, 2.24) is 19.6 Å². The van der Waals surface area contributed by atoms with Crippen molar-refractivity contribution in [2.45, 2.75) is 45.1 Å². The van der Waals surface area contributed by atoms with Gasteiger partial charge in [0.1, 0.15) is 11.8 Å². The summed E-state index contributed by atoms with van der Waals surface area (Å²) in [6.45, 7) is 3.80. The van der Waals surface area contributed by atoms with Crippen molar-refractivity contribution in [3.05, 3.63) is 64.7 Å². The number of fused-ring (bicyclic) bond motifs is 1. The number of para-hydroxylation sites is 1. The van der Waals surface area contributed by atoms with Crippen molar-refractivity contribution < 1.29 is 23.9 Å². The lowest BCUT2D eigenvalue weighted by Gasteiger charge is -2.32. The van der Waals surface area contributed by atoms with Crippen LogP contribution in [0.15, 0.2) is 48.5 Å². The summed E-state index contributed by atoms with van der Waals surface area (Å²) in [5.74, 6) is -0.198. The molecule has 0 aromatic heterocycles. The van der Waals surface area contributed by atoms with Gasteiger partial charge < -0.3 is 24.3 Å². The Bertz CT molecular complexity index is 1220. The Morgan fingerprint density at radius 2 is 1.71 bits per heavy atom. The van der Waals surface area contributed by atoms with E-state index >= 15 is 0 Å². The number of carbonyl (C=O) groups excluding carboxylic acids is 4. The number of hydrogen-bond donors (Lipinski definition) is 0. The molecule has 0 saturated heterocycles. The molecule has 9 nitrogen and oxygen atoms in total. The summed E-state index contributed by atoms with van der Waals surface area (Å²) >= 11 is 6.13. The number of halogens is 1. The molecule has 41 heavy (non-hydrogen) atoms. The first-order valence-corrected chi connectivity index (χ1v) is 14.5. The molecule has 10 heteroatoms. The number of benzene rings is 2. The van der Waals surface area contributed by atoms with Gasteiger partial charge in [-0.25, -0.2) is 0 Å². The summed E-state index contributed by atoms with van der Waals surface area (Å²) in [6, 6.07) is 13.2. The minimum Gasteiger partial charge on any atom is -0.493 e. The summed E-state index contributed by atoms with van der Waals surface area (Å²) in [5, 5.41) is 0.502. The summed E-state index contributed by atoms with van der Waals surface area (Å²) < 4.78 is 6.04. The minimum absolute atomic E-state index is 0.0511. The van der Waals surface area contributed by atoms with Crippen LogP contribution in [0.4, 0.5) is 0 Å². The van der Waals surface area contributed by atoms with Crippen molar-refractivity contribution in [1.29, 1.82) is 0 Å². The largest absolute Gasteiger partial charge is 0.493 e. The first-order valence-electron chi connectivity index (χ1n) is 14.1. The number of rotatable bonds is 5. The van der Waals surface area contributed by atoms with Crippen molar-refractivity contribution in [3.63, 3.8) is 0 Å². The molecule has 0 bridgehead atoms. The van der Waals surface area contributed by atoms with Crippen LogP contribution in [0.25, 0.3) is 0 Å². The van der Waals surface area contributed by atoms with Crippen LogP contribution in [-0.4, -0.2) is 103 Å². The Morgan fingerprint density at radius 3 is 2.44 bits per heavy atom. The van der Waals surface area contributed by atoms with Gasteiger partial charge in [0.2, 0.25) is 11.8 Å². The van der Waals surface area contributed by atoms with E-state index in [0.29, 0.717) is 86.8 Å². The van der Waals surface area contributed by atoms with Crippen molar-refractivity contribution >= 4 is 35.2 Å². The first kappa shape index (κ1) is 31.9. The lowest BCUT2D eigenvalue weighted by atomic mass is 10.1. The van der Waals surface area contributed by atoms with E-state index in [-0.39, 0.29) is 23.6 Å². The smallest absolute Gasteiger partial charge is 0.258 e. The fraction of sp³-hybridized carbons (Fsp3) is 0.484. The third-order valence-electron chi connectivity index (χ3n) is 7.44. The lowest BCUT2D eigenvalue weighted by molar-refractivity contribution is -0.134. The molecule has 1 heterocycles. The fourth-order valence-electron chi connectivity index (χ4n) is 4.84. The Labute approximate surface area is 248 Å². The quantitative estimate of drug-likeness (QED) is 0.525. The maximum Gasteiger partial charge on any atom is 0.258 e. The van der Waals surface area contributed by atoms with E-state index in [1.165, 1.54) is 11.8 Å². The van der Waals surface area contributed by atoms with Crippen molar-refractivity contribution in [3.8, 4) is 5.75 Å². The van der Waals surface area contributed by atoms with Gasteiger partial charge in [-0.05, 0) is 62.4 Å². The van der Waals surface area contributed by atoms with Gasteiger partial charge in [0.25, 0.3) is 11.8 Å². The highest BCUT2D eigenvalue weighted by Gasteiger charge is 2.31. The van der Waals surface area contributed by atoms with Gasteiger partial charge in [-0.2, -0.15) is 0 Å². The molecule has 3 rings (SSSR count). The second kappa shape index (κ2) is 15.4. The molecule has 1 aliphatic heterocycles. The molecule has 1 atom stereocenters. The molecule has 0 N–H and O–H groups in total. The van der Waals surface area contributed by atoms with E-state index in [1.54, 1.807) is 84.4 Å². The van der Waals surface area contributed by atoms with Gasteiger partial charge in [-0.1, -0.05) is 29.8 Å². The Morgan fingerprint density at radius 1 is 1.00 bits per heavy atom. The summed E-state index contributed by atoms with van der Waals surface area (Å²) in [5.41, 5.74) is 0.896. The van der Waals surface area contributed by atoms with E-state index in [0.717, 1.165) is 0 Å². The minimum atomic E-state index is -0.699. The second-order valence-electron chi connectivity index (χ2n) is 10.5. The van der Waals surface area contributed by atoms with Crippen LogP contribution in [0.5, 0.6) is 5.75 Å². The predicted octanol–water partition coefficient (Wildman–Crippen LogP) is 4.20. The van der Waals surface area contributed by atoms with Crippen LogP contribution in [0.2, 0.25) is 5.02 Å². The molecule has 2 aromatic rings. The predicted molar refractivity (Wildman–Crippen MR) is 159 cm³/mol. The SMILES string of the molecule is CC(=O)N(C)CCC[C@H]1C(=O)N(C)CCCCN(C(=O)c2cccc(Cl)c2)CCCOc2ccccc2C(=O)N1C. The molecular weight excluding hydrogens is 544 g/mol. The molecule has 4 amide bonds. The third kappa shape index (κ3) is 8.95.